The minimum absolute atomic E-state index is 0.210. The normalized spacial score (nSPS) is 12.3. The molecular weight excluding hydrogens is 244 g/mol. The van der Waals surface area contributed by atoms with Crippen molar-refractivity contribution in [1.82, 2.24) is 0 Å². The average molecular weight is 256 g/mol. The van der Waals surface area contributed by atoms with Gasteiger partial charge in [0.05, 0.1) is 12.4 Å². The van der Waals surface area contributed by atoms with Crippen molar-refractivity contribution in [2.24, 2.45) is 0 Å². The molecule has 15 heavy (non-hydrogen) atoms. The molecule has 0 radical (unpaired) electrons. The monoisotopic (exact) mass is 256 g/mol. The van der Waals surface area contributed by atoms with Crippen molar-refractivity contribution in [1.29, 1.82) is 0 Å². The van der Waals surface area contributed by atoms with Crippen molar-refractivity contribution in [3.05, 3.63) is 0 Å². The minimum atomic E-state index is -3.81. The smallest absolute Gasteiger partial charge is 0.269 e. The molecule has 0 aromatic carbocycles. The molecule has 6 nitrogen and oxygen atoms in total. The van der Waals surface area contributed by atoms with E-state index in [1.807, 2.05) is 5.92 Å². The molecule has 0 saturated heterocycles. The van der Waals surface area contributed by atoms with Gasteiger partial charge in [0.25, 0.3) is 20.2 Å². The van der Waals surface area contributed by atoms with Crippen molar-refractivity contribution in [2.75, 3.05) is 24.7 Å². The van der Waals surface area contributed by atoms with Gasteiger partial charge in [0.2, 0.25) is 0 Å². The van der Waals surface area contributed by atoms with Gasteiger partial charge in [-0.25, -0.2) is 0 Å². The van der Waals surface area contributed by atoms with Gasteiger partial charge < -0.3 is 0 Å². The molecule has 0 bridgehead atoms. The number of rotatable bonds is 7. The summed E-state index contributed by atoms with van der Waals surface area (Å²) in [6.07, 6.45) is 4.79. The van der Waals surface area contributed by atoms with Gasteiger partial charge in [-0.05, 0) is 6.92 Å². The van der Waals surface area contributed by atoms with Crippen LogP contribution >= 0.6 is 0 Å². The first kappa shape index (κ1) is 14.4. The highest BCUT2D eigenvalue weighted by molar-refractivity contribution is 7.87. The van der Waals surface area contributed by atoms with Crippen LogP contribution in [0, 0.1) is 12.3 Å². The molecule has 8 heteroatoms. The van der Waals surface area contributed by atoms with Crippen LogP contribution in [0.2, 0.25) is 0 Å². The molecule has 0 saturated carbocycles. The van der Waals surface area contributed by atoms with E-state index in [-0.39, 0.29) is 12.4 Å². The molecule has 0 spiro atoms. The van der Waals surface area contributed by atoms with E-state index < -0.39 is 32.6 Å². The van der Waals surface area contributed by atoms with Gasteiger partial charge in [0, 0.05) is 0 Å². The molecule has 0 N–H and O–H groups in total. The molecule has 0 aliphatic heterocycles. The summed E-state index contributed by atoms with van der Waals surface area (Å²) in [5, 5.41) is 0. The highest BCUT2D eigenvalue weighted by Gasteiger charge is 2.14. The zero-order chi connectivity index (χ0) is 11.9. The molecule has 0 unspecified atom stereocenters. The van der Waals surface area contributed by atoms with E-state index >= 15 is 0 Å². The Balaban J connectivity index is 4.03. The summed E-state index contributed by atoms with van der Waals surface area (Å²) in [5.41, 5.74) is 0. The molecule has 0 atom stereocenters. The van der Waals surface area contributed by atoms with E-state index in [1.165, 1.54) is 6.92 Å². The second kappa shape index (κ2) is 6.07. The summed E-state index contributed by atoms with van der Waals surface area (Å²) in [6.45, 7) is 0.546. The molecule has 88 valence electrons. The van der Waals surface area contributed by atoms with Crippen LogP contribution in [0.15, 0.2) is 0 Å². The molecule has 0 rings (SSSR count). The lowest BCUT2D eigenvalue weighted by atomic mass is 10.8. The Hall–Kier alpha value is -0.620. The van der Waals surface area contributed by atoms with E-state index in [0.717, 1.165) is 0 Å². The van der Waals surface area contributed by atoms with Crippen molar-refractivity contribution < 1.29 is 25.2 Å². The van der Waals surface area contributed by atoms with Crippen LogP contribution in [0.25, 0.3) is 0 Å². The summed E-state index contributed by atoms with van der Waals surface area (Å²) in [7, 11) is -7.43. The number of hydrogen-bond donors (Lipinski definition) is 0. The molecule has 0 heterocycles. The van der Waals surface area contributed by atoms with Crippen molar-refractivity contribution in [3.63, 3.8) is 0 Å². The molecule has 0 aliphatic carbocycles. The summed E-state index contributed by atoms with van der Waals surface area (Å²) in [4.78, 5) is 0. The van der Waals surface area contributed by atoms with Crippen LogP contribution in [0.5, 0.6) is 0 Å². The Labute approximate surface area is 89.8 Å². The zero-order valence-corrected chi connectivity index (χ0v) is 9.80. The third-order valence-corrected chi connectivity index (χ3v) is 3.65. The summed E-state index contributed by atoms with van der Waals surface area (Å²) in [5.74, 6) is 1.22. The van der Waals surface area contributed by atoms with Crippen molar-refractivity contribution >= 4 is 20.2 Å². The largest absolute Gasteiger partial charge is 0.270 e. The Bertz CT molecular complexity index is 413. The van der Waals surface area contributed by atoms with Crippen LogP contribution in [0.4, 0.5) is 0 Å². The van der Waals surface area contributed by atoms with Gasteiger partial charge in [-0.2, -0.15) is 16.8 Å². The Kier molecular flexibility index (Phi) is 5.82. The maximum Gasteiger partial charge on any atom is 0.270 e. The number of hydrogen-bond acceptors (Lipinski definition) is 6. The van der Waals surface area contributed by atoms with Crippen molar-refractivity contribution in [3.8, 4) is 12.3 Å². The molecule has 0 aromatic heterocycles. The fourth-order valence-corrected chi connectivity index (χ4v) is 1.79. The summed E-state index contributed by atoms with van der Waals surface area (Å²) in [6, 6.07) is 0. The van der Waals surface area contributed by atoms with Gasteiger partial charge in [0.1, 0.15) is 12.4 Å². The highest BCUT2D eigenvalue weighted by atomic mass is 32.2. The van der Waals surface area contributed by atoms with Crippen LogP contribution in [-0.2, 0) is 28.6 Å². The highest BCUT2D eigenvalue weighted by Crippen LogP contribution is 1.97. The number of terminal acetylenes is 1. The van der Waals surface area contributed by atoms with Gasteiger partial charge in [-0.1, -0.05) is 5.92 Å². The first-order valence-electron chi connectivity index (χ1n) is 4.00. The Morgan fingerprint density at radius 3 is 2.20 bits per heavy atom. The maximum absolute atomic E-state index is 11.0. The topological polar surface area (TPSA) is 86.7 Å². The second-order valence-electron chi connectivity index (χ2n) is 2.40. The molecular formula is C7H12O6S2. The first-order valence-corrected chi connectivity index (χ1v) is 7.16. The lowest BCUT2D eigenvalue weighted by molar-refractivity contribution is 0.322. The molecule has 0 aliphatic rings. The molecule has 0 amide bonds. The summed E-state index contributed by atoms with van der Waals surface area (Å²) >= 11 is 0. The third-order valence-electron chi connectivity index (χ3n) is 1.27. The standard InChI is InChI=1S/C7H12O6S2/c1-3-5-12-15(10,11)7-6-13-14(8,9)4-2/h1H,4-7H2,2H3. The third kappa shape index (κ3) is 7.33. The van der Waals surface area contributed by atoms with E-state index in [4.69, 9.17) is 6.42 Å². The van der Waals surface area contributed by atoms with Crippen LogP contribution in [0.1, 0.15) is 6.92 Å². The van der Waals surface area contributed by atoms with E-state index in [1.54, 1.807) is 0 Å². The van der Waals surface area contributed by atoms with Gasteiger partial charge >= 0.3 is 0 Å². The minimum Gasteiger partial charge on any atom is -0.269 e. The maximum atomic E-state index is 11.0. The lowest BCUT2D eigenvalue weighted by Gasteiger charge is -2.03. The predicted molar refractivity (Wildman–Crippen MR) is 54.0 cm³/mol. The van der Waals surface area contributed by atoms with Gasteiger partial charge in [-0.3, -0.25) is 8.37 Å². The second-order valence-corrected chi connectivity index (χ2v) is 6.08. The van der Waals surface area contributed by atoms with Crippen LogP contribution in [-0.4, -0.2) is 41.6 Å². The average Bonchev–Trinajstić information content (AvgIpc) is 2.14. The fourth-order valence-electron chi connectivity index (χ4n) is 0.529. The quantitative estimate of drug-likeness (QED) is 0.443. The predicted octanol–water partition coefficient (Wildman–Crippen LogP) is -0.668. The fraction of sp³-hybridized carbons (Fsp3) is 0.714. The van der Waals surface area contributed by atoms with E-state index in [0.29, 0.717) is 0 Å². The van der Waals surface area contributed by atoms with Crippen LogP contribution in [0.3, 0.4) is 0 Å². The Morgan fingerprint density at radius 1 is 1.13 bits per heavy atom. The molecule has 0 aromatic rings. The van der Waals surface area contributed by atoms with E-state index in [9.17, 15) is 16.8 Å². The van der Waals surface area contributed by atoms with Crippen LogP contribution < -0.4 is 0 Å². The SMILES string of the molecule is C#CCOS(=O)(=O)CCOS(=O)(=O)CC. The first-order chi connectivity index (χ1) is 6.83. The van der Waals surface area contributed by atoms with Crippen molar-refractivity contribution in [2.45, 2.75) is 6.92 Å². The van der Waals surface area contributed by atoms with Gasteiger partial charge in [-0.15, -0.1) is 6.42 Å². The molecule has 0 fully saturated rings. The zero-order valence-electron chi connectivity index (χ0n) is 8.17. The Morgan fingerprint density at radius 2 is 1.73 bits per heavy atom. The van der Waals surface area contributed by atoms with E-state index in [2.05, 4.69) is 8.37 Å². The summed E-state index contributed by atoms with van der Waals surface area (Å²) < 4.78 is 52.2. The van der Waals surface area contributed by atoms with Gasteiger partial charge in [0.15, 0.2) is 0 Å². The lowest BCUT2D eigenvalue weighted by Crippen LogP contribution is -2.18.